The number of benzene rings is 2. The third kappa shape index (κ3) is 4.70. The molecule has 3 aliphatic heterocycles. The molecule has 173 valence electrons. The average Bonchev–Trinajstić information content (AvgIpc) is 3.45. The third-order valence-corrected chi connectivity index (χ3v) is 10.7. The minimum Gasteiger partial charge on any atom is -1.00 e. The second-order valence-corrected chi connectivity index (χ2v) is 13.8. The molecule has 0 unspecified atom stereocenters. The molecule has 3 heterocycles. The van der Waals surface area contributed by atoms with Gasteiger partial charge in [-0.25, -0.2) is 0 Å². The zero-order chi connectivity index (χ0) is 21.8. The van der Waals surface area contributed by atoms with E-state index in [1.807, 2.05) is 12.4 Å². The van der Waals surface area contributed by atoms with E-state index >= 15 is 0 Å². The summed E-state index contributed by atoms with van der Waals surface area (Å²) in [6.07, 6.45) is 6.43. The van der Waals surface area contributed by atoms with Crippen LogP contribution in [0, 0.1) is 6.92 Å². The molecule has 0 saturated carbocycles. The van der Waals surface area contributed by atoms with Gasteiger partial charge in [0, 0.05) is 23.6 Å². The van der Waals surface area contributed by atoms with Crippen LogP contribution in [-0.4, -0.2) is 14.3 Å². The van der Waals surface area contributed by atoms with Crippen molar-refractivity contribution in [1.29, 1.82) is 0 Å². The van der Waals surface area contributed by atoms with Gasteiger partial charge in [0.1, 0.15) is 8.07 Å². The van der Waals surface area contributed by atoms with E-state index in [-0.39, 0.29) is 51.0 Å². The van der Waals surface area contributed by atoms with Gasteiger partial charge in [0.15, 0.2) is 0 Å². The second-order valence-electron chi connectivity index (χ2n) is 9.52. The fourth-order valence-electron chi connectivity index (χ4n) is 5.70. The second kappa shape index (κ2) is 11.1. The molecule has 0 fully saturated rings. The first kappa shape index (κ1) is 28.9. The number of hydrogen-bond acceptors (Lipinski definition) is 1. The van der Waals surface area contributed by atoms with Crippen molar-refractivity contribution in [2.75, 3.05) is 0 Å². The SMILES string of the molecule is CC1=C2C3=CN=CC3=C1[Si]2(C)C.CCCc1ccc(-c2cccc3[cH-]c(C)cc23)cc1.[Cl-].[Cl-].[Zr+3]. The van der Waals surface area contributed by atoms with Gasteiger partial charge in [-0.05, 0) is 34.9 Å². The summed E-state index contributed by atoms with van der Waals surface area (Å²) < 4.78 is 0. The van der Waals surface area contributed by atoms with Crippen LogP contribution in [0.3, 0.4) is 0 Å². The quantitative estimate of drug-likeness (QED) is 0.331. The monoisotopic (exact) mass is 580 g/mol. The Morgan fingerprint density at radius 1 is 0.941 bits per heavy atom. The minimum absolute atomic E-state index is 0. The van der Waals surface area contributed by atoms with Gasteiger partial charge in [-0.2, -0.15) is 6.07 Å². The zero-order valence-electron chi connectivity index (χ0n) is 20.5. The number of rotatable bonds is 3. The van der Waals surface area contributed by atoms with Crippen molar-refractivity contribution in [1.82, 2.24) is 0 Å². The molecular weight excluding hydrogens is 553 g/mol. The van der Waals surface area contributed by atoms with E-state index in [0.29, 0.717) is 0 Å². The number of halogens is 2. The van der Waals surface area contributed by atoms with Crippen LogP contribution in [0.5, 0.6) is 0 Å². The van der Waals surface area contributed by atoms with Crippen molar-refractivity contribution in [3.05, 3.63) is 99.0 Å². The van der Waals surface area contributed by atoms with Crippen molar-refractivity contribution in [2.45, 2.75) is 46.7 Å². The van der Waals surface area contributed by atoms with Gasteiger partial charge in [-0.3, -0.25) is 4.99 Å². The van der Waals surface area contributed by atoms with E-state index < -0.39 is 8.07 Å². The summed E-state index contributed by atoms with van der Waals surface area (Å²) in [5.41, 5.74) is 9.87. The maximum absolute atomic E-state index is 4.19. The molecule has 3 aromatic rings. The molecule has 1 radical (unpaired) electrons. The summed E-state index contributed by atoms with van der Waals surface area (Å²) in [6.45, 7) is 11.5. The van der Waals surface area contributed by atoms with Crippen molar-refractivity contribution in [2.24, 2.45) is 4.99 Å². The number of hydrogen-bond donors (Lipinski definition) is 0. The van der Waals surface area contributed by atoms with E-state index in [1.165, 1.54) is 57.0 Å². The molecule has 4 aliphatic rings. The molecule has 1 nitrogen and oxygen atoms in total. The van der Waals surface area contributed by atoms with E-state index in [2.05, 4.69) is 93.5 Å². The van der Waals surface area contributed by atoms with Gasteiger partial charge < -0.3 is 24.8 Å². The van der Waals surface area contributed by atoms with Gasteiger partial charge in [0.05, 0.1) is 0 Å². The van der Waals surface area contributed by atoms with Gasteiger partial charge in [0.25, 0.3) is 0 Å². The van der Waals surface area contributed by atoms with E-state index in [0.717, 1.165) is 0 Å². The summed E-state index contributed by atoms with van der Waals surface area (Å²) in [7, 11) is -1.11. The first-order valence-corrected chi connectivity index (χ1v) is 14.4. The molecule has 3 aromatic carbocycles. The van der Waals surface area contributed by atoms with E-state index in [4.69, 9.17) is 0 Å². The zero-order valence-corrected chi connectivity index (χ0v) is 25.4. The summed E-state index contributed by atoms with van der Waals surface area (Å²) >= 11 is 0. The Morgan fingerprint density at radius 3 is 2.26 bits per heavy atom. The minimum atomic E-state index is -1.11. The van der Waals surface area contributed by atoms with Crippen molar-refractivity contribution in [3.8, 4) is 11.1 Å². The average molecular weight is 583 g/mol. The van der Waals surface area contributed by atoms with Crippen LogP contribution in [0.1, 0.15) is 31.4 Å². The number of fused-ring (bicyclic) bond motifs is 1. The fraction of sp³-hybridized carbons (Fsp3) is 0.241. The summed E-state index contributed by atoms with van der Waals surface area (Å²) in [5, 5.41) is 6.02. The molecule has 34 heavy (non-hydrogen) atoms. The van der Waals surface area contributed by atoms with Crippen molar-refractivity contribution in [3.63, 3.8) is 0 Å². The maximum atomic E-state index is 4.19. The maximum Gasteiger partial charge on any atom is 3.00 e. The molecule has 0 N–H and O–H groups in total. The Kier molecular flexibility index (Phi) is 9.44. The van der Waals surface area contributed by atoms with Crippen LogP contribution in [0.2, 0.25) is 13.1 Å². The standard InChI is InChI=1S/C19H19.C10H11NSi.2ClH.Zr/c1-3-5-15-8-10-16(11-9-15)18-7-4-6-17-12-14(2)13-19(17)18;1-6-9-7-4-11-5-8(7)10(6)12(9,2)3;;;/h4,6-13H,3,5H2,1-2H3;4-5H,1-3H3;2*1H;/q-1;;;;+3/p-2. The molecule has 2 bridgehead atoms. The fourth-order valence-corrected chi connectivity index (χ4v) is 9.63. The topological polar surface area (TPSA) is 12.4 Å². The van der Waals surface area contributed by atoms with Gasteiger partial charge in [-0.1, -0.05) is 74.8 Å². The normalized spacial score (nSPS) is 16.0. The molecular formula is C29H30Cl2NSiZr. The first-order chi connectivity index (χ1) is 14.9. The van der Waals surface area contributed by atoms with Crippen LogP contribution in [0.15, 0.2) is 92.9 Å². The number of allylic oxidation sites excluding steroid dienone is 5. The predicted molar refractivity (Wildman–Crippen MR) is 137 cm³/mol. The number of nitrogens with zero attached hydrogens (tertiary/aromatic N) is 1. The van der Waals surface area contributed by atoms with Crippen LogP contribution in [0.25, 0.3) is 21.9 Å². The van der Waals surface area contributed by atoms with Gasteiger partial charge in [-0.15, -0.1) is 34.5 Å². The number of aryl methyl sites for hydroxylation is 2. The summed E-state index contributed by atoms with van der Waals surface area (Å²) in [4.78, 5) is 4.19. The smallest absolute Gasteiger partial charge is 1.00 e. The van der Waals surface area contributed by atoms with Crippen molar-refractivity contribution >= 4 is 25.1 Å². The molecule has 0 aromatic heterocycles. The Hall–Kier alpha value is -1.38. The summed E-state index contributed by atoms with van der Waals surface area (Å²) in [5.74, 6) is 0. The molecule has 0 saturated heterocycles. The molecule has 0 spiro atoms. The van der Waals surface area contributed by atoms with E-state index in [1.54, 1.807) is 16.0 Å². The predicted octanol–water partition coefficient (Wildman–Crippen LogP) is 1.87. The Morgan fingerprint density at radius 2 is 1.65 bits per heavy atom. The van der Waals surface area contributed by atoms with Gasteiger partial charge >= 0.3 is 26.2 Å². The van der Waals surface area contributed by atoms with Crippen LogP contribution in [0.4, 0.5) is 0 Å². The first-order valence-electron chi connectivity index (χ1n) is 11.4. The largest absolute Gasteiger partial charge is 3.00 e. The summed E-state index contributed by atoms with van der Waals surface area (Å²) in [6, 6.07) is 20.1. The molecule has 0 amide bonds. The molecule has 7 rings (SSSR count). The third-order valence-electron chi connectivity index (χ3n) is 6.93. The Bertz CT molecular complexity index is 1320. The van der Waals surface area contributed by atoms with Crippen LogP contribution in [-0.2, 0) is 32.6 Å². The molecule has 0 atom stereocenters. The van der Waals surface area contributed by atoms with Gasteiger partial charge in [0.2, 0.25) is 0 Å². The Labute approximate surface area is 236 Å². The molecule has 5 heteroatoms. The van der Waals surface area contributed by atoms with Crippen molar-refractivity contribution < 1.29 is 51.0 Å². The molecule has 1 aliphatic carbocycles. The van der Waals surface area contributed by atoms with Crippen LogP contribution >= 0.6 is 0 Å². The van der Waals surface area contributed by atoms with E-state index in [9.17, 15) is 0 Å². The van der Waals surface area contributed by atoms with Crippen LogP contribution < -0.4 is 24.8 Å². The Balaban J connectivity index is 0.000000238. The number of aliphatic imine (C=N–C) groups is 1.